The van der Waals surface area contributed by atoms with Crippen molar-refractivity contribution >= 4 is 12.2 Å². The SMILES string of the molecule is CC(C)(C)OC(=O)N(C(=O)OC(C)(C)C)N1CCC(CO)C1. The van der Waals surface area contributed by atoms with E-state index in [0.717, 1.165) is 5.01 Å². The van der Waals surface area contributed by atoms with E-state index in [4.69, 9.17) is 9.47 Å². The summed E-state index contributed by atoms with van der Waals surface area (Å²) in [6, 6.07) is 0. The van der Waals surface area contributed by atoms with Crippen molar-refractivity contribution in [3.05, 3.63) is 0 Å². The lowest BCUT2D eigenvalue weighted by atomic mass is 10.1. The number of hydrogen-bond donors (Lipinski definition) is 1. The summed E-state index contributed by atoms with van der Waals surface area (Å²) < 4.78 is 10.6. The molecule has 0 bridgehead atoms. The van der Waals surface area contributed by atoms with Crippen LogP contribution in [0.25, 0.3) is 0 Å². The number of rotatable bonds is 2. The minimum absolute atomic E-state index is 0.0208. The van der Waals surface area contributed by atoms with Gasteiger partial charge in [0.15, 0.2) is 0 Å². The number of aliphatic hydroxyl groups excluding tert-OH is 1. The van der Waals surface area contributed by atoms with Gasteiger partial charge in [-0.25, -0.2) is 14.6 Å². The fourth-order valence-corrected chi connectivity index (χ4v) is 2.06. The summed E-state index contributed by atoms with van der Waals surface area (Å²) in [4.78, 5) is 24.7. The minimum Gasteiger partial charge on any atom is -0.442 e. The average Bonchev–Trinajstić information content (AvgIpc) is 2.72. The summed E-state index contributed by atoms with van der Waals surface area (Å²) in [6.45, 7) is 11.3. The van der Waals surface area contributed by atoms with Gasteiger partial charge in [-0.05, 0) is 53.9 Å². The second-order valence-electron chi connectivity index (χ2n) is 7.52. The van der Waals surface area contributed by atoms with Crippen LogP contribution in [-0.4, -0.2) is 58.2 Å². The Bertz CT molecular complexity index is 383. The number of hydrogen-bond acceptors (Lipinski definition) is 6. The average molecular weight is 316 g/mol. The number of imide groups is 1. The van der Waals surface area contributed by atoms with Gasteiger partial charge in [0.1, 0.15) is 11.2 Å². The van der Waals surface area contributed by atoms with Gasteiger partial charge in [0.25, 0.3) is 0 Å². The van der Waals surface area contributed by atoms with Crippen molar-refractivity contribution in [2.24, 2.45) is 5.92 Å². The molecule has 0 aromatic carbocycles. The van der Waals surface area contributed by atoms with E-state index in [1.165, 1.54) is 0 Å². The molecule has 1 aliphatic rings. The largest absolute Gasteiger partial charge is 0.442 e. The third kappa shape index (κ3) is 5.81. The zero-order chi connectivity index (χ0) is 17.1. The number of aliphatic hydroxyl groups is 1. The van der Waals surface area contributed by atoms with Crippen molar-refractivity contribution < 1.29 is 24.2 Å². The van der Waals surface area contributed by atoms with Crippen LogP contribution in [0, 0.1) is 5.92 Å². The maximum Gasteiger partial charge on any atom is 0.435 e. The Balaban J connectivity index is 2.90. The highest BCUT2D eigenvalue weighted by Crippen LogP contribution is 2.22. The molecule has 22 heavy (non-hydrogen) atoms. The highest BCUT2D eigenvalue weighted by Gasteiger charge is 2.38. The quantitative estimate of drug-likeness (QED) is 0.842. The Morgan fingerprint density at radius 3 is 1.86 bits per heavy atom. The zero-order valence-corrected chi connectivity index (χ0v) is 14.4. The van der Waals surface area contributed by atoms with E-state index in [2.05, 4.69) is 0 Å². The molecule has 0 aromatic rings. The van der Waals surface area contributed by atoms with E-state index in [-0.39, 0.29) is 12.5 Å². The van der Waals surface area contributed by atoms with Gasteiger partial charge in [0.2, 0.25) is 0 Å². The van der Waals surface area contributed by atoms with Gasteiger partial charge < -0.3 is 14.6 Å². The molecule has 1 N–H and O–H groups in total. The van der Waals surface area contributed by atoms with Crippen LogP contribution in [0.2, 0.25) is 0 Å². The standard InChI is InChI=1S/C15H28N2O5/c1-14(2,3)21-12(19)17(13(20)22-15(4,5)6)16-8-7-11(9-16)10-18/h11,18H,7-10H2,1-6H3. The molecule has 1 aliphatic heterocycles. The summed E-state index contributed by atoms with van der Waals surface area (Å²) in [5.74, 6) is 0.0346. The Labute approximate surface area is 132 Å². The van der Waals surface area contributed by atoms with Crippen LogP contribution >= 0.6 is 0 Å². The molecule has 1 atom stereocenters. The lowest BCUT2D eigenvalue weighted by Crippen LogP contribution is -2.52. The minimum atomic E-state index is -0.764. The molecule has 2 amide bonds. The first-order valence-corrected chi connectivity index (χ1v) is 7.55. The molecule has 7 nitrogen and oxygen atoms in total. The van der Waals surface area contributed by atoms with Crippen LogP contribution in [-0.2, 0) is 9.47 Å². The van der Waals surface area contributed by atoms with Crippen molar-refractivity contribution in [1.82, 2.24) is 10.0 Å². The molecular formula is C15H28N2O5. The normalized spacial score (nSPS) is 19.9. The van der Waals surface area contributed by atoms with Crippen LogP contribution in [0.3, 0.4) is 0 Å². The Morgan fingerprint density at radius 1 is 1.09 bits per heavy atom. The molecule has 128 valence electrons. The predicted octanol–water partition coefficient (Wildman–Crippen LogP) is 2.39. The van der Waals surface area contributed by atoms with Crippen molar-refractivity contribution in [2.75, 3.05) is 19.7 Å². The lowest BCUT2D eigenvalue weighted by Gasteiger charge is -2.33. The van der Waals surface area contributed by atoms with E-state index >= 15 is 0 Å². The van der Waals surface area contributed by atoms with Gasteiger partial charge in [-0.1, -0.05) is 0 Å². The Kier molecular flexibility index (Phi) is 5.81. The Hall–Kier alpha value is -1.34. The summed E-state index contributed by atoms with van der Waals surface area (Å²) in [5, 5.41) is 11.7. The smallest absolute Gasteiger partial charge is 0.435 e. The maximum absolute atomic E-state index is 12.4. The number of hydrazine groups is 1. The molecule has 1 fully saturated rings. The van der Waals surface area contributed by atoms with Crippen LogP contribution in [0.5, 0.6) is 0 Å². The monoisotopic (exact) mass is 316 g/mol. The first-order valence-electron chi connectivity index (χ1n) is 7.55. The number of amides is 2. The van der Waals surface area contributed by atoms with Crippen LogP contribution < -0.4 is 0 Å². The second-order valence-corrected chi connectivity index (χ2v) is 7.52. The first kappa shape index (κ1) is 18.7. The molecular weight excluding hydrogens is 288 g/mol. The van der Waals surface area contributed by atoms with Gasteiger partial charge in [0, 0.05) is 19.7 Å². The number of carbonyl (C=O) groups is 2. The third-order valence-corrected chi connectivity index (χ3v) is 2.94. The zero-order valence-electron chi connectivity index (χ0n) is 14.4. The highest BCUT2D eigenvalue weighted by molar-refractivity contribution is 5.87. The number of carbonyl (C=O) groups excluding carboxylic acids is 2. The first-order chi connectivity index (χ1) is 9.93. The van der Waals surface area contributed by atoms with Gasteiger partial charge in [0.05, 0.1) is 0 Å². The van der Waals surface area contributed by atoms with Crippen molar-refractivity contribution in [3.8, 4) is 0 Å². The fourth-order valence-electron chi connectivity index (χ4n) is 2.06. The van der Waals surface area contributed by atoms with E-state index < -0.39 is 23.4 Å². The summed E-state index contributed by atoms with van der Waals surface area (Å²) >= 11 is 0. The fraction of sp³-hybridized carbons (Fsp3) is 0.867. The molecule has 1 rings (SSSR count). The molecule has 0 spiro atoms. The summed E-state index contributed by atoms with van der Waals surface area (Å²) in [5.41, 5.74) is -1.43. The molecule has 0 aromatic heterocycles. The van der Waals surface area contributed by atoms with E-state index in [0.29, 0.717) is 19.5 Å². The molecule has 1 saturated heterocycles. The number of ether oxygens (including phenoxy) is 2. The van der Waals surface area contributed by atoms with E-state index in [9.17, 15) is 14.7 Å². The lowest BCUT2D eigenvalue weighted by molar-refractivity contribution is -0.0552. The highest BCUT2D eigenvalue weighted by atomic mass is 16.6. The van der Waals surface area contributed by atoms with Crippen LogP contribution in [0.15, 0.2) is 0 Å². The number of nitrogens with zero attached hydrogens (tertiary/aromatic N) is 2. The van der Waals surface area contributed by atoms with Gasteiger partial charge in [-0.2, -0.15) is 0 Å². The predicted molar refractivity (Wildman–Crippen MR) is 81.1 cm³/mol. The van der Waals surface area contributed by atoms with Crippen molar-refractivity contribution in [1.29, 1.82) is 0 Å². The van der Waals surface area contributed by atoms with Gasteiger partial charge >= 0.3 is 12.2 Å². The van der Waals surface area contributed by atoms with E-state index in [1.807, 2.05) is 0 Å². The topological polar surface area (TPSA) is 79.3 Å². The Morgan fingerprint density at radius 2 is 1.55 bits per heavy atom. The molecule has 0 saturated carbocycles. The molecule has 7 heteroatoms. The molecule has 0 aliphatic carbocycles. The van der Waals surface area contributed by atoms with Crippen LogP contribution in [0.1, 0.15) is 48.0 Å². The third-order valence-electron chi connectivity index (χ3n) is 2.94. The maximum atomic E-state index is 12.4. The molecule has 1 unspecified atom stereocenters. The van der Waals surface area contributed by atoms with Crippen molar-refractivity contribution in [2.45, 2.75) is 59.2 Å². The summed E-state index contributed by atoms with van der Waals surface area (Å²) in [6.07, 6.45) is -0.820. The second kappa shape index (κ2) is 6.83. The summed E-state index contributed by atoms with van der Waals surface area (Å²) in [7, 11) is 0. The van der Waals surface area contributed by atoms with E-state index in [1.54, 1.807) is 46.6 Å². The van der Waals surface area contributed by atoms with Gasteiger partial charge in [-0.3, -0.25) is 0 Å². The van der Waals surface area contributed by atoms with Crippen molar-refractivity contribution in [3.63, 3.8) is 0 Å². The van der Waals surface area contributed by atoms with Gasteiger partial charge in [-0.15, -0.1) is 5.01 Å². The van der Waals surface area contributed by atoms with Crippen LogP contribution in [0.4, 0.5) is 9.59 Å². The molecule has 0 radical (unpaired) electrons. The molecule has 1 heterocycles.